The van der Waals surface area contributed by atoms with E-state index in [1.807, 2.05) is 29.5 Å². The minimum atomic E-state index is 0.601. The number of methoxy groups -OCH3 is 1. The van der Waals surface area contributed by atoms with Crippen LogP contribution in [0.2, 0.25) is 0 Å². The Morgan fingerprint density at radius 2 is 2.10 bits per heavy atom. The average Bonchev–Trinajstić information content (AvgIpc) is 2.85. The molecule has 0 aliphatic rings. The number of aryl methyl sites for hydroxylation is 1. The van der Waals surface area contributed by atoms with Crippen molar-refractivity contribution in [3.05, 3.63) is 44.6 Å². The van der Waals surface area contributed by atoms with Crippen LogP contribution in [0.3, 0.4) is 0 Å². The van der Waals surface area contributed by atoms with Crippen LogP contribution in [0.15, 0.2) is 34.8 Å². The van der Waals surface area contributed by atoms with Crippen LogP contribution in [0, 0.1) is 6.92 Å². The third-order valence-corrected chi connectivity index (χ3v) is 4.40. The van der Waals surface area contributed by atoms with Crippen molar-refractivity contribution < 1.29 is 9.47 Å². The number of hydrogen-bond donors (Lipinski definition) is 1. The third-order valence-electron chi connectivity index (χ3n) is 2.77. The zero-order chi connectivity index (χ0) is 14.4. The smallest absolute Gasteiger partial charge is 0.175 e. The third kappa shape index (κ3) is 4.23. The van der Waals surface area contributed by atoms with Gasteiger partial charge in [0.25, 0.3) is 0 Å². The Morgan fingerprint density at radius 1 is 1.25 bits per heavy atom. The molecule has 2 rings (SSSR count). The Hall–Kier alpha value is -1.04. The fourth-order valence-electron chi connectivity index (χ4n) is 1.81. The number of hydrogen-bond acceptors (Lipinski definition) is 4. The number of para-hydroxylation sites is 1. The molecule has 0 unspecified atom stereocenters. The second-order valence-electron chi connectivity index (χ2n) is 4.31. The number of thiophene rings is 1. The molecular weight excluding hydrogens is 338 g/mol. The van der Waals surface area contributed by atoms with E-state index in [1.165, 1.54) is 9.75 Å². The molecule has 0 aliphatic heterocycles. The van der Waals surface area contributed by atoms with E-state index >= 15 is 0 Å². The van der Waals surface area contributed by atoms with Crippen LogP contribution in [0.25, 0.3) is 0 Å². The van der Waals surface area contributed by atoms with E-state index in [2.05, 4.69) is 40.3 Å². The Morgan fingerprint density at radius 3 is 2.80 bits per heavy atom. The van der Waals surface area contributed by atoms with Crippen LogP contribution in [-0.4, -0.2) is 20.3 Å². The van der Waals surface area contributed by atoms with Crippen LogP contribution >= 0.6 is 27.3 Å². The monoisotopic (exact) mass is 355 g/mol. The van der Waals surface area contributed by atoms with E-state index in [0.717, 1.165) is 29.1 Å². The lowest BCUT2D eigenvalue weighted by molar-refractivity contribution is 0.290. The lowest BCUT2D eigenvalue weighted by atomic mass is 10.3. The molecule has 0 amide bonds. The molecule has 1 N–H and O–H groups in total. The first kappa shape index (κ1) is 15.4. The molecule has 1 aromatic heterocycles. The van der Waals surface area contributed by atoms with E-state index in [4.69, 9.17) is 9.47 Å². The normalized spacial score (nSPS) is 10.6. The van der Waals surface area contributed by atoms with Crippen LogP contribution < -0.4 is 14.8 Å². The first-order valence-electron chi connectivity index (χ1n) is 6.42. The molecule has 0 atom stereocenters. The quantitative estimate of drug-likeness (QED) is 0.761. The highest BCUT2D eigenvalue weighted by Gasteiger charge is 2.07. The Balaban J connectivity index is 1.76. The largest absolute Gasteiger partial charge is 0.493 e. The maximum absolute atomic E-state index is 5.77. The maximum Gasteiger partial charge on any atom is 0.175 e. The standard InChI is InChI=1S/C15H18BrNO2S/c1-11-6-7-12(20-11)10-17-8-9-19-15-13(16)4-3-5-14(15)18-2/h3-7,17H,8-10H2,1-2H3. The van der Waals surface area contributed by atoms with Gasteiger partial charge in [0, 0.05) is 22.8 Å². The van der Waals surface area contributed by atoms with Crippen molar-refractivity contribution in [2.24, 2.45) is 0 Å². The van der Waals surface area contributed by atoms with Gasteiger partial charge in [-0.1, -0.05) is 6.07 Å². The molecule has 0 saturated carbocycles. The predicted molar refractivity (Wildman–Crippen MR) is 87.0 cm³/mol. The summed E-state index contributed by atoms with van der Waals surface area (Å²) in [6, 6.07) is 10.1. The average molecular weight is 356 g/mol. The summed E-state index contributed by atoms with van der Waals surface area (Å²) in [6.45, 7) is 4.40. The topological polar surface area (TPSA) is 30.5 Å². The van der Waals surface area contributed by atoms with Gasteiger partial charge in [-0.2, -0.15) is 0 Å². The van der Waals surface area contributed by atoms with Crippen LogP contribution in [0.1, 0.15) is 9.75 Å². The van der Waals surface area contributed by atoms with Gasteiger partial charge in [-0.3, -0.25) is 0 Å². The summed E-state index contributed by atoms with van der Waals surface area (Å²) in [5.74, 6) is 1.50. The highest BCUT2D eigenvalue weighted by atomic mass is 79.9. The first-order chi connectivity index (χ1) is 9.70. The minimum Gasteiger partial charge on any atom is -0.493 e. The van der Waals surface area contributed by atoms with E-state index in [9.17, 15) is 0 Å². The Kier molecular flexibility index (Phi) is 5.88. The molecule has 108 valence electrons. The molecule has 0 radical (unpaired) electrons. The van der Waals surface area contributed by atoms with Gasteiger partial charge in [0.15, 0.2) is 11.5 Å². The molecule has 0 spiro atoms. The van der Waals surface area contributed by atoms with Crippen molar-refractivity contribution >= 4 is 27.3 Å². The van der Waals surface area contributed by atoms with Crippen LogP contribution in [0.4, 0.5) is 0 Å². The van der Waals surface area contributed by atoms with E-state index in [1.54, 1.807) is 7.11 Å². The van der Waals surface area contributed by atoms with Crippen molar-refractivity contribution in [3.63, 3.8) is 0 Å². The van der Waals surface area contributed by atoms with Gasteiger partial charge in [-0.05, 0) is 47.1 Å². The Labute approximate surface area is 132 Å². The number of benzene rings is 1. The van der Waals surface area contributed by atoms with Crippen molar-refractivity contribution in [2.75, 3.05) is 20.3 Å². The van der Waals surface area contributed by atoms with Crippen molar-refractivity contribution in [3.8, 4) is 11.5 Å². The van der Waals surface area contributed by atoms with Gasteiger partial charge in [-0.15, -0.1) is 11.3 Å². The minimum absolute atomic E-state index is 0.601. The van der Waals surface area contributed by atoms with Gasteiger partial charge in [0.05, 0.1) is 11.6 Å². The fraction of sp³-hybridized carbons (Fsp3) is 0.333. The lowest BCUT2D eigenvalue weighted by Crippen LogP contribution is -2.20. The number of ether oxygens (including phenoxy) is 2. The van der Waals surface area contributed by atoms with Gasteiger partial charge >= 0.3 is 0 Å². The van der Waals surface area contributed by atoms with Gasteiger partial charge in [0.1, 0.15) is 6.61 Å². The van der Waals surface area contributed by atoms with Crippen molar-refractivity contribution in [2.45, 2.75) is 13.5 Å². The van der Waals surface area contributed by atoms with E-state index in [0.29, 0.717) is 6.61 Å². The highest BCUT2D eigenvalue weighted by molar-refractivity contribution is 9.10. The molecule has 0 saturated heterocycles. The summed E-state index contributed by atoms with van der Waals surface area (Å²) in [5, 5.41) is 3.37. The predicted octanol–water partition coefficient (Wildman–Crippen LogP) is 4.00. The van der Waals surface area contributed by atoms with Gasteiger partial charge < -0.3 is 14.8 Å². The van der Waals surface area contributed by atoms with Crippen molar-refractivity contribution in [1.29, 1.82) is 0 Å². The second-order valence-corrected chi connectivity index (χ2v) is 6.54. The second kappa shape index (κ2) is 7.67. The molecule has 1 aromatic carbocycles. The summed E-state index contributed by atoms with van der Waals surface area (Å²) in [5.41, 5.74) is 0. The van der Waals surface area contributed by atoms with E-state index < -0.39 is 0 Å². The van der Waals surface area contributed by atoms with Gasteiger partial charge in [-0.25, -0.2) is 0 Å². The SMILES string of the molecule is COc1cccc(Br)c1OCCNCc1ccc(C)s1. The molecule has 3 nitrogen and oxygen atoms in total. The molecule has 5 heteroatoms. The molecule has 2 aromatic rings. The summed E-state index contributed by atoms with van der Waals surface area (Å²) < 4.78 is 12.0. The zero-order valence-corrected chi connectivity index (χ0v) is 14.0. The summed E-state index contributed by atoms with van der Waals surface area (Å²) in [6.07, 6.45) is 0. The van der Waals surface area contributed by atoms with E-state index in [-0.39, 0.29) is 0 Å². The highest BCUT2D eigenvalue weighted by Crippen LogP contribution is 2.34. The lowest BCUT2D eigenvalue weighted by Gasteiger charge is -2.12. The molecule has 0 aliphatic carbocycles. The van der Waals surface area contributed by atoms with Crippen LogP contribution in [0.5, 0.6) is 11.5 Å². The first-order valence-corrected chi connectivity index (χ1v) is 8.03. The molecule has 20 heavy (non-hydrogen) atoms. The Bertz CT molecular complexity index is 557. The molecule has 1 heterocycles. The number of halogens is 1. The summed E-state index contributed by atoms with van der Waals surface area (Å²) >= 11 is 5.29. The van der Waals surface area contributed by atoms with Crippen molar-refractivity contribution in [1.82, 2.24) is 5.32 Å². The number of rotatable bonds is 7. The summed E-state index contributed by atoms with van der Waals surface area (Å²) in [4.78, 5) is 2.69. The molecule has 0 fully saturated rings. The molecule has 0 bridgehead atoms. The summed E-state index contributed by atoms with van der Waals surface area (Å²) in [7, 11) is 1.64. The van der Waals surface area contributed by atoms with Crippen LogP contribution in [-0.2, 0) is 6.54 Å². The molecular formula is C15H18BrNO2S. The van der Waals surface area contributed by atoms with Gasteiger partial charge in [0.2, 0.25) is 0 Å². The zero-order valence-electron chi connectivity index (χ0n) is 11.6. The number of nitrogens with one attached hydrogen (secondary N) is 1. The fourth-order valence-corrected chi connectivity index (χ4v) is 3.13. The maximum atomic E-state index is 5.77.